The fourth-order valence-corrected chi connectivity index (χ4v) is 5.87. The lowest BCUT2D eigenvalue weighted by Gasteiger charge is -2.20. The number of allylic oxidation sites excluding steroid dienone is 12. The lowest BCUT2D eigenvalue weighted by atomic mass is 10.1. The van der Waals surface area contributed by atoms with Gasteiger partial charge in [-0.2, -0.15) is 0 Å². The molecule has 2 atom stereocenters. The smallest absolute Gasteiger partial charge is 0.462 e. The molecule has 0 aliphatic rings. The van der Waals surface area contributed by atoms with E-state index in [1.807, 2.05) is 12.2 Å². The van der Waals surface area contributed by atoms with Crippen LogP contribution in [0, 0.1) is 0 Å². The molecule has 0 aromatic heterocycles. The number of phosphoric acid groups is 1. The van der Waals surface area contributed by atoms with Gasteiger partial charge in [0.2, 0.25) is 0 Å². The van der Waals surface area contributed by atoms with Crippen molar-refractivity contribution >= 4 is 19.8 Å². The molecule has 0 aliphatic carbocycles. The minimum Gasteiger partial charge on any atom is -0.462 e. The van der Waals surface area contributed by atoms with Crippen molar-refractivity contribution in [3.8, 4) is 0 Å². The van der Waals surface area contributed by atoms with Crippen LogP contribution in [-0.2, 0) is 32.7 Å². The number of hydrogen-bond acceptors (Lipinski definition) is 8. The predicted octanol–water partition coefficient (Wildman–Crippen LogP) is 11.8. The molecule has 0 saturated carbocycles. The molecule has 0 aromatic carbocycles. The fourth-order valence-electron chi connectivity index (χ4n) is 5.12. The quantitative estimate of drug-likeness (QED) is 0.0273. The molecule has 2 N–H and O–H groups in total. The maximum Gasteiger partial charge on any atom is 0.472 e. The first-order chi connectivity index (χ1) is 26.3. The molecule has 10 heteroatoms. The Morgan fingerprint density at radius 3 is 1.61 bits per heavy atom. The highest BCUT2D eigenvalue weighted by molar-refractivity contribution is 7.47. The molecule has 310 valence electrons. The second-order valence-electron chi connectivity index (χ2n) is 13.5. The molecular weight excluding hydrogens is 701 g/mol. The normalized spacial score (nSPS) is 14.1. The topological polar surface area (TPSA) is 120 Å². The van der Waals surface area contributed by atoms with Gasteiger partial charge in [0.15, 0.2) is 6.10 Å². The van der Waals surface area contributed by atoms with E-state index < -0.39 is 32.5 Å². The largest absolute Gasteiger partial charge is 0.472 e. The van der Waals surface area contributed by atoms with E-state index >= 15 is 0 Å². The van der Waals surface area contributed by atoms with Gasteiger partial charge < -0.3 is 19.7 Å². The Hall–Kier alpha value is -2.55. The average Bonchev–Trinajstić information content (AvgIpc) is 3.15. The van der Waals surface area contributed by atoms with E-state index in [-0.39, 0.29) is 26.1 Å². The number of esters is 2. The molecule has 0 fully saturated rings. The van der Waals surface area contributed by atoms with Crippen LogP contribution in [0.15, 0.2) is 72.9 Å². The molecule has 9 nitrogen and oxygen atoms in total. The van der Waals surface area contributed by atoms with Crippen LogP contribution in [0.25, 0.3) is 0 Å². The van der Waals surface area contributed by atoms with Gasteiger partial charge in [0.1, 0.15) is 6.61 Å². The number of ether oxygens (including phenoxy) is 2. The van der Waals surface area contributed by atoms with E-state index in [2.05, 4.69) is 79.9 Å². The minimum atomic E-state index is -4.37. The number of carbonyl (C=O) groups is 2. The second kappa shape index (κ2) is 40.1. The summed E-state index contributed by atoms with van der Waals surface area (Å²) in [6, 6.07) is 0. The summed E-state index contributed by atoms with van der Waals surface area (Å²) in [5.41, 5.74) is 0. The number of rotatable bonds is 38. The van der Waals surface area contributed by atoms with Gasteiger partial charge in [-0.25, -0.2) is 4.57 Å². The molecule has 0 saturated heterocycles. The van der Waals surface area contributed by atoms with Crippen LogP contribution in [0.4, 0.5) is 0 Å². The van der Waals surface area contributed by atoms with Gasteiger partial charge in [-0.3, -0.25) is 18.6 Å². The molecule has 0 bridgehead atoms. The molecule has 0 aliphatic heterocycles. The summed E-state index contributed by atoms with van der Waals surface area (Å²) in [7, 11) is -2.68. The van der Waals surface area contributed by atoms with E-state index in [0.29, 0.717) is 19.4 Å². The summed E-state index contributed by atoms with van der Waals surface area (Å²) in [5.74, 6) is -0.920. The summed E-state index contributed by atoms with van der Waals surface area (Å²) in [6.45, 7) is 4.06. The van der Waals surface area contributed by atoms with Crippen LogP contribution < -0.4 is 5.32 Å². The summed E-state index contributed by atoms with van der Waals surface area (Å²) >= 11 is 0. The molecule has 0 amide bonds. The number of phosphoric ester groups is 1. The van der Waals surface area contributed by atoms with Gasteiger partial charge in [0.25, 0.3) is 0 Å². The highest BCUT2D eigenvalue weighted by Gasteiger charge is 2.26. The molecule has 54 heavy (non-hydrogen) atoms. The SMILES string of the molecule is CCCCC/C=C\C/C=C\C/C=C\C/C=C\C/C=C\CCC(=O)OCC(COP(=O)(O)OCCNC)OC(=O)CCCCCCC/C=C\CCCCCC. The monoisotopic (exact) mass is 778 g/mol. The Morgan fingerprint density at radius 2 is 1.04 bits per heavy atom. The number of hydrogen-bond donors (Lipinski definition) is 2. The first-order valence-electron chi connectivity index (χ1n) is 20.9. The van der Waals surface area contributed by atoms with Crippen molar-refractivity contribution in [1.82, 2.24) is 5.32 Å². The first-order valence-corrected chi connectivity index (χ1v) is 22.4. The molecule has 0 heterocycles. The number of carbonyl (C=O) groups excluding carboxylic acids is 2. The zero-order valence-electron chi connectivity index (χ0n) is 34.1. The standard InChI is InChI=1S/C44H76NO8P/c1-4-6-8-10-12-14-16-18-19-20-21-22-23-25-26-28-30-32-34-36-43(46)50-40-42(41-52-54(48,49)51-39-38-45-3)53-44(47)37-35-33-31-29-27-24-17-15-13-11-9-7-5-2/h12,14-15,17-19,21-22,25-26,30,32,42,45H,4-11,13,16,20,23-24,27-29,31,33-41H2,1-3H3,(H,48,49)/b14-12-,17-15-,19-18-,22-21-,26-25-,32-30-. The average molecular weight is 778 g/mol. The molecule has 0 radical (unpaired) electrons. The van der Waals surface area contributed by atoms with Crippen LogP contribution in [0.5, 0.6) is 0 Å². The Morgan fingerprint density at radius 1 is 0.574 bits per heavy atom. The van der Waals surface area contributed by atoms with E-state index in [9.17, 15) is 19.0 Å². The predicted molar refractivity (Wildman–Crippen MR) is 224 cm³/mol. The number of unbranched alkanes of at least 4 members (excludes halogenated alkanes) is 12. The van der Waals surface area contributed by atoms with Gasteiger partial charge in [0, 0.05) is 19.4 Å². The van der Waals surface area contributed by atoms with Crippen LogP contribution in [0.1, 0.15) is 155 Å². The Bertz CT molecular complexity index is 1110. The Labute approximate surface area is 329 Å². The van der Waals surface area contributed by atoms with Gasteiger partial charge in [0.05, 0.1) is 13.2 Å². The highest BCUT2D eigenvalue weighted by atomic mass is 31.2. The summed E-state index contributed by atoms with van der Waals surface area (Å²) in [6.07, 6.45) is 46.7. The lowest BCUT2D eigenvalue weighted by molar-refractivity contribution is -0.161. The Kier molecular flexibility index (Phi) is 38.2. The maximum absolute atomic E-state index is 12.6. The molecule has 2 unspecified atom stereocenters. The zero-order chi connectivity index (χ0) is 39.6. The first kappa shape index (κ1) is 51.5. The van der Waals surface area contributed by atoms with Crippen LogP contribution in [0.2, 0.25) is 0 Å². The van der Waals surface area contributed by atoms with Gasteiger partial charge >= 0.3 is 19.8 Å². The van der Waals surface area contributed by atoms with Crippen molar-refractivity contribution in [2.75, 3.05) is 33.4 Å². The van der Waals surface area contributed by atoms with E-state index in [1.54, 1.807) is 7.05 Å². The summed E-state index contributed by atoms with van der Waals surface area (Å²) in [4.78, 5) is 34.9. The molecular formula is C44H76NO8P. The van der Waals surface area contributed by atoms with Crippen molar-refractivity contribution in [3.63, 3.8) is 0 Å². The van der Waals surface area contributed by atoms with Crippen LogP contribution >= 0.6 is 7.82 Å². The van der Waals surface area contributed by atoms with Crippen LogP contribution in [-0.4, -0.2) is 56.3 Å². The van der Waals surface area contributed by atoms with Gasteiger partial charge in [-0.15, -0.1) is 0 Å². The van der Waals surface area contributed by atoms with Crippen molar-refractivity contribution in [3.05, 3.63) is 72.9 Å². The van der Waals surface area contributed by atoms with E-state index in [4.69, 9.17) is 18.5 Å². The van der Waals surface area contributed by atoms with Crippen molar-refractivity contribution < 1.29 is 37.6 Å². The third-order valence-electron chi connectivity index (χ3n) is 8.31. The molecule has 0 rings (SSSR count). The van der Waals surface area contributed by atoms with E-state index in [1.165, 1.54) is 51.4 Å². The molecule has 0 spiro atoms. The summed E-state index contributed by atoms with van der Waals surface area (Å²) in [5, 5.41) is 2.81. The summed E-state index contributed by atoms with van der Waals surface area (Å²) < 4.78 is 33.0. The third kappa shape index (κ3) is 39.2. The van der Waals surface area contributed by atoms with Crippen LogP contribution in [0.3, 0.4) is 0 Å². The van der Waals surface area contributed by atoms with E-state index in [0.717, 1.165) is 64.2 Å². The Balaban J connectivity index is 4.39. The third-order valence-corrected chi connectivity index (χ3v) is 9.30. The van der Waals surface area contributed by atoms with Crippen molar-refractivity contribution in [2.24, 2.45) is 0 Å². The number of nitrogens with one attached hydrogen (secondary N) is 1. The minimum absolute atomic E-state index is 0.0328. The maximum atomic E-state index is 12.6. The van der Waals surface area contributed by atoms with Crippen molar-refractivity contribution in [1.29, 1.82) is 0 Å². The molecule has 0 aromatic rings. The van der Waals surface area contributed by atoms with Gasteiger partial charge in [-0.1, -0.05) is 138 Å². The van der Waals surface area contributed by atoms with Gasteiger partial charge in [-0.05, 0) is 84.1 Å². The van der Waals surface area contributed by atoms with Crippen molar-refractivity contribution in [2.45, 2.75) is 161 Å². The highest BCUT2D eigenvalue weighted by Crippen LogP contribution is 2.43. The second-order valence-corrected chi connectivity index (χ2v) is 14.9. The number of likely N-dealkylation sites (N-methyl/N-ethyl adjacent to an activating group) is 1. The fraction of sp³-hybridized carbons (Fsp3) is 0.682. The lowest BCUT2D eigenvalue weighted by Crippen LogP contribution is -2.29. The zero-order valence-corrected chi connectivity index (χ0v) is 35.0.